The average molecular weight is 213 g/mol. The Morgan fingerprint density at radius 2 is 2.07 bits per heavy atom. The molecule has 2 aliphatic rings. The molecule has 0 aromatic rings. The Kier molecular flexibility index (Phi) is 3.97. The number of hydrogen-bond donors (Lipinski definition) is 2. The summed E-state index contributed by atoms with van der Waals surface area (Å²) in [4.78, 5) is 2.48. The van der Waals surface area contributed by atoms with Gasteiger partial charge in [0.2, 0.25) is 0 Å². The van der Waals surface area contributed by atoms with Crippen molar-refractivity contribution in [2.24, 2.45) is 5.73 Å². The van der Waals surface area contributed by atoms with E-state index in [1.54, 1.807) is 0 Å². The van der Waals surface area contributed by atoms with Gasteiger partial charge in [-0.1, -0.05) is 0 Å². The minimum atomic E-state index is 0.357. The van der Waals surface area contributed by atoms with Gasteiger partial charge in [0.05, 0.1) is 12.2 Å². The van der Waals surface area contributed by atoms with Crippen molar-refractivity contribution in [3.63, 3.8) is 0 Å². The molecule has 0 saturated carbocycles. The number of nitrogens with zero attached hydrogens (tertiary/aromatic N) is 1. The summed E-state index contributed by atoms with van der Waals surface area (Å²) in [5.74, 6) is 0. The van der Waals surface area contributed by atoms with Crippen LogP contribution in [0.15, 0.2) is 0 Å². The van der Waals surface area contributed by atoms with Crippen molar-refractivity contribution in [1.82, 2.24) is 10.2 Å². The van der Waals surface area contributed by atoms with E-state index in [1.165, 1.54) is 0 Å². The fraction of sp³-hybridized carbons (Fsp3) is 1.00. The van der Waals surface area contributed by atoms with Gasteiger partial charge in [0.25, 0.3) is 0 Å². The van der Waals surface area contributed by atoms with Crippen LogP contribution in [0.25, 0.3) is 0 Å². The first-order valence-electron chi connectivity index (χ1n) is 6.08. The van der Waals surface area contributed by atoms with Gasteiger partial charge in [-0.2, -0.15) is 0 Å². The van der Waals surface area contributed by atoms with Gasteiger partial charge in [-0.25, -0.2) is 0 Å². The summed E-state index contributed by atoms with van der Waals surface area (Å²) in [6.07, 6.45) is 2.99. The van der Waals surface area contributed by atoms with Crippen molar-refractivity contribution in [2.45, 2.75) is 38.0 Å². The van der Waals surface area contributed by atoms with E-state index in [1.807, 2.05) is 0 Å². The van der Waals surface area contributed by atoms with Gasteiger partial charge >= 0.3 is 0 Å². The molecule has 0 amide bonds. The van der Waals surface area contributed by atoms with Crippen molar-refractivity contribution in [3.8, 4) is 0 Å². The van der Waals surface area contributed by atoms with E-state index in [-0.39, 0.29) is 0 Å². The molecule has 0 spiro atoms. The van der Waals surface area contributed by atoms with Crippen LogP contribution in [-0.4, -0.2) is 55.9 Å². The Hall–Kier alpha value is -0.160. The summed E-state index contributed by atoms with van der Waals surface area (Å²) < 4.78 is 5.88. The highest BCUT2D eigenvalue weighted by Gasteiger charge is 2.23. The first-order chi connectivity index (χ1) is 7.24. The number of morpholine rings is 1. The minimum absolute atomic E-state index is 0.357. The van der Waals surface area contributed by atoms with Gasteiger partial charge in [-0.05, 0) is 32.9 Å². The highest BCUT2D eigenvalue weighted by molar-refractivity contribution is 4.79. The average Bonchev–Trinajstić information content (AvgIpc) is 2.22. The second-order valence-corrected chi connectivity index (χ2v) is 4.86. The molecule has 2 fully saturated rings. The van der Waals surface area contributed by atoms with Crippen LogP contribution in [0, 0.1) is 0 Å². The molecular weight excluding hydrogens is 190 g/mol. The van der Waals surface area contributed by atoms with Crippen molar-refractivity contribution < 1.29 is 4.74 Å². The Bertz CT molecular complexity index is 192. The smallest absolute Gasteiger partial charge is 0.0830 e. The zero-order chi connectivity index (χ0) is 10.7. The summed E-state index contributed by atoms with van der Waals surface area (Å²) in [6.45, 7) is 7.44. The van der Waals surface area contributed by atoms with E-state index in [2.05, 4.69) is 17.1 Å². The van der Waals surface area contributed by atoms with Crippen LogP contribution in [-0.2, 0) is 4.74 Å². The molecule has 0 bridgehead atoms. The van der Waals surface area contributed by atoms with Gasteiger partial charge in [0, 0.05) is 25.7 Å². The molecule has 4 nitrogen and oxygen atoms in total. The van der Waals surface area contributed by atoms with Crippen LogP contribution in [0.2, 0.25) is 0 Å². The van der Waals surface area contributed by atoms with Gasteiger partial charge in [-0.15, -0.1) is 0 Å². The van der Waals surface area contributed by atoms with Crippen molar-refractivity contribution >= 4 is 0 Å². The molecule has 2 aliphatic heterocycles. The van der Waals surface area contributed by atoms with E-state index in [0.717, 1.165) is 45.6 Å². The lowest BCUT2D eigenvalue weighted by molar-refractivity contribution is -0.0447. The van der Waals surface area contributed by atoms with Crippen LogP contribution in [0.4, 0.5) is 0 Å². The third-order valence-corrected chi connectivity index (χ3v) is 3.32. The summed E-state index contributed by atoms with van der Waals surface area (Å²) in [7, 11) is 0. The molecule has 0 aliphatic carbocycles. The Morgan fingerprint density at radius 3 is 2.73 bits per heavy atom. The van der Waals surface area contributed by atoms with Crippen LogP contribution < -0.4 is 11.1 Å². The van der Waals surface area contributed by atoms with Gasteiger partial charge in [0.1, 0.15) is 0 Å². The molecular formula is C11H23N3O. The Balaban J connectivity index is 1.71. The molecule has 0 unspecified atom stereocenters. The normalized spacial score (nSPS) is 35.6. The summed E-state index contributed by atoms with van der Waals surface area (Å²) >= 11 is 0. The molecule has 0 radical (unpaired) electrons. The maximum Gasteiger partial charge on any atom is 0.0830 e. The van der Waals surface area contributed by atoms with E-state index < -0.39 is 0 Å². The second kappa shape index (κ2) is 5.25. The first kappa shape index (κ1) is 11.3. The van der Waals surface area contributed by atoms with Crippen LogP contribution in [0.1, 0.15) is 19.8 Å². The molecule has 2 atom stereocenters. The number of nitrogens with one attached hydrogen (secondary N) is 1. The number of piperidine rings is 1. The van der Waals surface area contributed by atoms with E-state index in [9.17, 15) is 0 Å². The number of nitrogens with two attached hydrogens (primary N) is 1. The quantitative estimate of drug-likeness (QED) is 0.666. The highest BCUT2D eigenvalue weighted by atomic mass is 16.5. The molecule has 88 valence electrons. The van der Waals surface area contributed by atoms with Crippen LogP contribution >= 0.6 is 0 Å². The molecule has 2 saturated heterocycles. The third kappa shape index (κ3) is 3.41. The standard InChI is InChI=1S/C11H23N3O/c1-9-6-13-7-11(15-9)8-14-4-2-10(12)3-5-14/h9-11,13H,2-8,12H2,1H3/t9-,11+/m1/s1. The summed E-state index contributed by atoms with van der Waals surface area (Å²) in [6, 6.07) is 0.422. The maximum atomic E-state index is 5.88. The third-order valence-electron chi connectivity index (χ3n) is 3.32. The molecule has 2 rings (SSSR count). The zero-order valence-corrected chi connectivity index (χ0v) is 9.61. The van der Waals surface area contributed by atoms with Crippen molar-refractivity contribution in [3.05, 3.63) is 0 Å². The molecule has 0 aromatic carbocycles. The second-order valence-electron chi connectivity index (χ2n) is 4.86. The number of rotatable bonds is 2. The fourth-order valence-electron chi connectivity index (χ4n) is 2.40. The fourth-order valence-corrected chi connectivity index (χ4v) is 2.40. The Morgan fingerprint density at radius 1 is 1.33 bits per heavy atom. The lowest BCUT2D eigenvalue weighted by Gasteiger charge is -2.36. The van der Waals surface area contributed by atoms with Gasteiger partial charge < -0.3 is 20.7 Å². The highest BCUT2D eigenvalue weighted by Crippen LogP contribution is 2.11. The van der Waals surface area contributed by atoms with Gasteiger partial charge in [0.15, 0.2) is 0 Å². The predicted octanol–water partition coefficient (Wildman–Crippen LogP) is -0.214. The number of ether oxygens (including phenoxy) is 1. The number of hydrogen-bond acceptors (Lipinski definition) is 4. The van der Waals surface area contributed by atoms with E-state index in [4.69, 9.17) is 10.5 Å². The summed E-state index contributed by atoms with van der Waals surface area (Å²) in [5.41, 5.74) is 5.88. The Labute approximate surface area is 92.1 Å². The lowest BCUT2D eigenvalue weighted by atomic mass is 10.1. The first-order valence-corrected chi connectivity index (χ1v) is 6.08. The van der Waals surface area contributed by atoms with Gasteiger partial charge in [-0.3, -0.25) is 0 Å². The molecule has 2 heterocycles. The largest absolute Gasteiger partial charge is 0.371 e. The monoisotopic (exact) mass is 213 g/mol. The van der Waals surface area contributed by atoms with Crippen molar-refractivity contribution in [1.29, 1.82) is 0 Å². The lowest BCUT2D eigenvalue weighted by Crippen LogP contribution is -2.50. The predicted molar refractivity (Wildman–Crippen MR) is 60.9 cm³/mol. The SMILES string of the molecule is C[C@@H]1CNC[C@@H](CN2CCC(N)CC2)O1. The van der Waals surface area contributed by atoms with Crippen molar-refractivity contribution in [2.75, 3.05) is 32.7 Å². The molecule has 15 heavy (non-hydrogen) atoms. The number of likely N-dealkylation sites (tertiary alicyclic amines) is 1. The molecule has 0 aromatic heterocycles. The van der Waals surface area contributed by atoms with E-state index in [0.29, 0.717) is 18.2 Å². The topological polar surface area (TPSA) is 50.5 Å². The summed E-state index contributed by atoms with van der Waals surface area (Å²) in [5, 5.41) is 3.41. The van der Waals surface area contributed by atoms with Crippen LogP contribution in [0.5, 0.6) is 0 Å². The maximum absolute atomic E-state index is 5.88. The van der Waals surface area contributed by atoms with E-state index >= 15 is 0 Å². The molecule has 3 N–H and O–H groups in total. The zero-order valence-electron chi connectivity index (χ0n) is 9.61. The minimum Gasteiger partial charge on any atom is -0.371 e. The molecule has 4 heteroatoms. The van der Waals surface area contributed by atoms with Crippen LogP contribution in [0.3, 0.4) is 0 Å².